The molecular weight excluding hydrogens is 885 g/mol. The summed E-state index contributed by atoms with van der Waals surface area (Å²) >= 11 is 0. The second-order valence-electron chi connectivity index (χ2n) is 17.4. The Labute approximate surface area is 412 Å². The molecule has 12 nitrogen and oxygen atoms in total. The van der Waals surface area contributed by atoms with E-state index in [1.54, 1.807) is 0 Å². The largest absolute Gasteiger partial charge is 0.457 e. The molecule has 13 heteroatoms. The first-order chi connectivity index (χ1) is 33.1. The van der Waals surface area contributed by atoms with Gasteiger partial charge in [-0.05, 0) is 96.3 Å². The lowest BCUT2D eigenvalue weighted by atomic mass is 9.99. The van der Waals surface area contributed by atoms with Crippen LogP contribution in [0.3, 0.4) is 0 Å². The fourth-order valence-corrected chi connectivity index (χ4v) is 7.80. The van der Waals surface area contributed by atoms with E-state index in [1.165, 1.54) is 64.2 Å². The maximum Gasteiger partial charge on any atom is 0.397 e. The maximum absolute atomic E-state index is 12.9. The number of esters is 1. The molecule has 1 fully saturated rings. The molecule has 6 atom stereocenters. The van der Waals surface area contributed by atoms with Crippen molar-refractivity contribution in [3.05, 3.63) is 97.2 Å². The van der Waals surface area contributed by atoms with Gasteiger partial charge in [-0.1, -0.05) is 175 Å². The molecule has 0 aromatic heterocycles. The summed E-state index contributed by atoms with van der Waals surface area (Å²) in [7, 11) is -5.08. The Balaban J connectivity index is 2.41. The van der Waals surface area contributed by atoms with Gasteiger partial charge in [0, 0.05) is 13.0 Å². The van der Waals surface area contributed by atoms with Gasteiger partial charge >= 0.3 is 16.4 Å². The van der Waals surface area contributed by atoms with Crippen LogP contribution in [0.2, 0.25) is 0 Å². The van der Waals surface area contributed by atoms with Crippen molar-refractivity contribution in [2.45, 2.75) is 218 Å². The molecule has 0 spiro atoms. The fraction of sp³-hybridized carbons (Fsp3) is 0.691. The fourth-order valence-electron chi connectivity index (χ4n) is 7.29. The minimum Gasteiger partial charge on any atom is -0.457 e. The zero-order chi connectivity index (χ0) is 49.6. The lowest BCUT2D eigenvalue weighted by Gasteiger charge is -2.41. The number of ether oxygens (including phenoxy) is 4. The van der Waals surface area contributed by atoms with Crippen molar-refractivity contribution in [3.63, 3.8) is 0 Å². The molecule has 0 aromatic carbocycles. The molecule has 0 amide bonds. The third-order valence-corrected chi connectivity index (χ3v) is 11.7. The van der Waals surface area contributed by atoms with Gasteiger partial charge in [0.15, 0.2) is 6.29 Å². The number of rotatable bonds is 44. The standard InChI is InChI=1S/C55H92O12S/c1-3-5-7-9-11-13-15-17-19-21-22-23-24-25-26-27-29-31-33-35-37-39-41-43-45-63-47-49(48-64-55-53(59)54(67-68(60,61)62)52(58)50(46-56)66-55)65-51(57)44-42-40-38-36-34-32-30-28-20-18-16-14-12-10-8-6-4-2/h5,7,11,13,17-20,22-23,25-26,29,31,35,37,49-50,52-56,58-59H,3-4,6,8-10,12,14-16,21,24,27-28,30,32-34,36,38-48H2,1-2H3,(H,60,61,62)/b7-5-,13-11-,19-17-,20-18-,23-22-,26-25-,31-29-,37-35-. The molecule has 1 rings (SSSR count). The van der Waals surface area contributed by atoms with Crippen LogP contribution in [0.5, 0.6) is 0 Å². The summed E-state index contributed by atoms with van der Waals surface area (Å²) in [5, 5.41) is 30.8. The van der Waals surface area contributed by atoms with E-state index in [0.29, 0.717) is 13.0 Å². The van der Waals surface area contributed by atoms with Crippen LogP contribution < -0.4 is 0 Å². The molecule has 0 radical (unpaired) electrons. The lowest BCUT2D eigenvalue weighted by Crippen LogP contribution is -2.60. The van der Waals surface area contributed by atoms with Gasteiger partial charge in [0.05, 0.1) is 19.8 Å². The lowest BCUT2D eigenvalue weighted by molar-refractivity contribution is -0.301. The Morgan fingerprint density at radius 3 is 1.50 bits per heavy atom. The van der Waals surface area contributed by atoms with Crippen LogP contribution in [0.1, 0.15) is 181 Å². The molecule has 0 aliphatic carbocycles. The number of carbonyl (C=O) groups excluding carboxylic acids is 1. The smallest absolute Gasteiger partial charge is 0.397 e. The maximum atomic E-state index is 12.9. The third-order valence-electron chi connectivity index (χ3n) is 11.2. The molecule has 0 saturated carbocycles. The molecular formula is C55H92O12S. The second-order valence-corrected chi connectivity index (χ2v) is 18.4. The number of hydrogen-bond donors (Lipinski definition) is 4. The van der Waals surface area contributed by atoms with Gasteiger partial charge in [-0.2, -0.15) is 8.42 Å². The highest BCUT2D eigenvalue weighted by atomic mass is 32.3. The van der Waals surface area contributed by atoms with Gasteiger partial charge < -0.3 is 34.3 Å². The number of aliphatic hydroxyl groups is 3. The van der Waals surface area contributed by atoms with E-state index in [0.717, 1.165) is 89.9 Å². The van der Waals surface area contributed by atoms with Crippen LogP contribution in [0.15, 0.2) is 97.2 Å². The van der Waals surface area contributed by atoms with Crippen molar-refractivity contribution < 1.29 is 56.2 Å². The number of hydrogen-bond acceptors (Lipinski definition) is 11. The second kappa shape index (κ2) is 45.2. The summed E-state index contributed by atoms with van der Waals surface area (Å²) in [6.07, 6.45) is 53.0. The third kappa shape index (κ3) is 37.9. The molecule has 4 N–H and O–H groups in total. The first kappa shape index (κ1) is 63.0. The summed E-state index contributed by atoms with van der Waals surface area (Å²) in [5.74, 6) is -0.423. The summed E-state index contributed by atoms with van der Waals surface area (Å²) in [6, 6.07) is 0. The van der Waals surface area contributed by atoms with Crippen LogP contribution in [0.25, 0.3) is 0 Å². The van der Waals surface area contributed by atoms with Crippen LogP contribution in [0, 0.1) is 0 Å². The number of unbranched alkanes of at least 4 members (excludes halogenated alkanes) is 15. The van der Waals surface area contributed by atoms with E-state index >= 15 is 0 Å². The minimum absolute atomic E-state index is 0.00167. The average molecular weight is 977 g/mol. The van der Waals surface area contributed by atoms with Gasteiger partial charge in [0.2, 0.25) is 0 Å². The van der Waals surface area contributed by atoms with E-state index in [-0.39, 0.29) is 19.6 Å². The Kier molecular flexibility index (Phi) is 41.9. The van der Waals surface area contributed by atoms with Crippen molar-refractivity contribution >= 4 is 16.4 Å². The summed E-state index contributed by atoms with van der Waals surface area (Å²) in [6.45, 7) is 3.75. The minimum atomic E-state index is -5.08. The van der Waals surface area contributed by atoms with Gasteiger partial charge in [0.1, 0.15) is 30.5 Å². The van der Waals surface area contributed by atoms with Crippen molar-refractivity contribution in [1.82, 2.24) is 0 Å². The van der Waals surface area contributed by atoms with E-state index < -0.39 is 59.8 Å². The van der Waals surface area contributed by atoms with Gasteiger partial charge in [-0.25, -0.2) is 4.18 Å². The summed E-state index contributed by atoms with van der Waals surface area (Å²) < 4.78 is 59.2. The van der Waals surface area contributed by atoms with E-state index in [2.05, 4.69) is 115 Å². The average Bonchev–Trinajstić information content (AvgIpc) is 3.31. The number of aliphatic hydroxyl groups excluding tert-OH is 3. The van der Waals surface area contributed by atoms with Gasteiger partial charge in [-0.3, -0.25) is 9.35 Å². The highest BCUT2D eigenvalue weighted by molar-refractivity contribution is 7.80. The van der Waals surface area contributed by atoms with Gasteiger partial charge in [-0.15, -0.1) is 0 Å². The zero-order valence-corrected chi connectivity index (χ0v) is 42.7. The molecule has 6 unspecified atom stereocenters. The monoisotopic (exact) mass is 977 g/mol. The Bertz CT molecular complexity index is 1550. The van der Waals surface area contributed by atoms with Crippen molar-refractivity contribution in [1.29, 1.82) is 0 Å². The molecule has 1 aliphatic heterocycles. The number of carbonyl (C=O) groups is 1. The first-order valence-corrected chi connectivity index (χ1v) is 27.4. The predicted molar refractivity (Wildman–Crippen MR) is 275 cm³/mol. The highest BCUT2D eigenvalue weighted by Gasteiger charge is 2.48. The first-order valence-electron chi connectivity index (χ1n) is 26.0. The Morgan fingerprint density at radius 1 is 0.574 bits per heavy atom. The van der Waals surface area contributed by atoms with E-state index in [4.69, 9.17) is 18.9 Å². The quantitative estimate of drug-likeness (QED) is 0.0197. The van der Waals surface area contributed by atoms with E-state index in [1.807, 2.05) is 0 Å². The molecule has 0 bridgehead atoms. The van der Waals surface area contributed by atoms with Crippen LogP contribution in [-0.4, -0.2) is 97.5 Å². The van der Waals surface area contributed by atoms with Gasteiger partial charge in [0.25, 0.3) is 0 Å². The molecule has 1 saturated heterocycles. The normalized spacial score (nSPS) is 20.1. The molecule has 1 aliphatic rings. The number of allylic oxidation sites excluding steroid dienone is 16. The van der Waals surface area contributed by atoms with Crippen LogP contribution in [-0.2, 0) is 38.3 Å². The van der Waals surface area contributed by atoms with Crippen molar-refractivity contribution in [2.24, 2.45) is 0 Å². The van der Waals surface area contributed by atoms with Crippen molar-refractivity contribution in [3.8, 4) is 0 Å². The Morgan fingerprint density at radius 2 is 1.01 bits per heavy atom. The molecule has 1 heterocycles. The SMILES string of the molecule is CC/C=C\C/C=C\C/C=C\C/C=C\C/C=C\C/C=C\C/C=C\CCCCOCC(COC1OC(CO)C(O)C(OS(=O)(=O)O)C1O)OC(=O)CCCCCCCCC/C=C\CCCCCCCC. The molecule has 0 aromatic rings. The predicted octanol–water partition coefficient (Wildman–Crippen LogP) is 12.2. The Hall–Kier alpha value is -2.98. The van der Waals surface area contributed by atoms with Crippen LogP contribution >= 0.6 is 0 Å². The zero-order valence-electron chi connectivity index (χ0n) is 41.9. The molecule has 390 valence electrons. The summed E-state index contributed by atoms with van der Waals surface area (Å²) in [5.41, 5.74) is 0. The highest BCUT2D eigenvalue weighted by Crippen LogP contribution is 2.26. The van der Waals surface area contributed by atoms with Crippen molar-refractivity contribution in [2.75, 3.05) is 26.4 Å². The topological polar surface area (TPSA) is 178 Å². The van der Waals surface area contributed by atoms with E-state index in [9.17, 15) is 33.1 Å². The molecule has 68 heavy (non-hydrogen) atoms. The summed E-state index contributed by atoms with van der Waals surface area (Å²) in [4.78, 5) is 12.9. The van der Waals surface area contributed by atoms with Crippen LogP contribution in [0.4, 0.5) is 0 Å².